The smallest absolute Gasteiger partial charge is 0.404 e. The summed E-state index contributed by atoms with van der Waals surface area (Å²) in [6.45, 7) is 9.78. The van der Waals surface area contributed by atoms with Crippen LogP contribution in [0, 0.1) is 0 Å². The predicted octanol–water partition coefficient (Wildman–Crippen LogP) is 2.49. The maximum absolute atomic E-state index is 11.4. The van der Waals surface area contributed by atoms with Crippen LogP contribution in [0.5, 0.6) is 0 Å². The van der Waals surface area contributed by atoms with Crippen molar-refractivity contribution in [3.05, 3.63) is 24.3 Å². The second kappa shape index (κ2) is 14.9. The Morgan fingerprint density at radius 3 is 1.30 bits per heavy atom. The minimum Gasteiger partial charge on any atom is -0.458 e. The number of hydrogen-bond acceptors (Lipinski definition) is 8. The molecule has 2 amide bonds. The Morgan fingerprint density at radius 2 is 1.03 bits per heavy atom. The zero-order chi connectivity index (χ0) is 23.1. The molecule has 0 aromatic carbocycles. The molecule has 2 atom stereocenters. The van der Waals surface area contributed by atoms with Gasteiger partial charge in [-0.25, -0.2) is 19.2 Å². The van der Waals surface area contributed by atoms with Crippen LogP contribution in [-0.2, 0) is 28.5 Å². The van der Waals surface area contributed by atoms with Crippen molar-refractivity contribution in [2.24, 2.45) is 11.5 Å². The molecule has 30 heavy (non-hydrogen) atoms. The zero-order valence-electron chi connectivity index (χ0n) is 17.6. The fourth-order valence-electron chi connectivity index (χ4n) is 2.36. The van der Waals surface area contributed by atoms with Crippen molar-refractivity contribution in [2.75, 3.05) is 13.2 Å². The van der Waals surface area contributed by atoms with E-state index in [0.29, 0.717) is 25.7 Å². The van der Waals surface area contributed by atoms with Crippen molar-refractivity contribution < 1.29 is 38.1 Å². The first-order valence-corrected chi connectivity index (χ1v) is 9.60. The number of hydrogen-bond donors (Lipinski definition) is 2. The van der Waals surface area contributed by atoms with Gasteiger partial charge in [0.1, 0.15) is 25.4 Å². The Morgan fingerprint density at radius 1 is 0.700 bits per heavy atom. The highest BCUT2D eigenvalue weighted by atomic mass is 16.6. The highest BCUT2D eigenvalue weighted by molar-refractivity contribution is 5.87. The van der Waals surface area contributed by atoms with E-state index in [1.165, 1.54) is 13.8 Å². The van der Waals surface area contributed by atoms with E-state index in [2.05, 4.69) is 13.2 Å². The molecule has 0 saturated carbocycles. The minimum atomic E-state index is -0.942. The van der Waals surface area contributed by atoms with E-state index in [4.69, 9.17) is 30.4 Å². The second-order valence-electron chi connectivity index (χ2n) is 6.87. The van der Waals surface area contributed by atoms with Gasteiger partial charge in [-0.05, 0) is 39.5 Å². The standard InChI is InChI=1S/C20H32N2O8/c1-13(2)17(23)27-11-15(29-19(21)25)9-7-5-6-8-10-16(30-20(22)26)12-28-18(24)14(3)4/h15-16H,1,3,5-12H2,2,4H3,(H2,21,25)(H2,22,26). The summed E-state index contributed by atoms with van der Waals surface area (Å²) >= 11 is 0. The van der Waals surface area contributed by atoms with Crippen molar-refractivity contribution in [2.45, 2.75) is 64.6 Å². The Bertz CT molecular complexity index is 578. The van der Waals surface area contributed by atoms with Crippen molar-refractivity contribution in [3.63, 3.8) is 0 Å². The molecule has 0 fully saturated rings. The summed E-state index contributed by atoms with van der Waals surface area (Å²) in [6, 6.07) is 0. The average molecular weight is 428 g/mol. The van der Waals surface area contributed by atoms with Gasteiger partial charge in [0, 0.05) is 11.1 Å². The molecule has 0 radical (unpaired) electrons. The summed E-state index contributed by atoms with van der Waals surface area (Å²) < 4.78 is 19.9. The van der Waals surface area contributed by atoms with Crippen molar-refractivity contribution in [3.8, 4) is 0 Å². The second-order valence-corrected chi connectivity index (χ2v) is 6.87. The lowest BCUT2D eigenvalue weighted by atomic mass is 10.1. The molecule has 0 saturated heterocycles. The van der Waals surface area contributed by atoms with Gasteiger partial charge in [-0.3, -0.25) is 0 Å². The first kappa shape index (κ1) is 27.0. The Kier molecular flexibility index (Phi) is 13.4. The largest absolute Gasteiger partial charge is 0.458 e. The van der Waals surface area contributed by atoms with Crippen molar-refractivity contribution in [1.82, 2.24) is 0 Å². The van der Waals surface area contributed by atoms with Crippen LogP contribution in [0.2, 0.25) is 0 Å². The van der Waals surface area contributed by atoms with Gasteiger partial charge in [0.05, 0.1) is 0 Å². The molecule has 170 valence electrons. The van der Waals surface area contributed by atoms with Gasteiger partial charge >= 0.3 is 24.1 Å². The van der Waals surface area contributed by atoms with E-state index < -0.39 is 36.3 Å². The van der Waals surface area contributed by atoms with Gasteiger partial charge in [-0.1, -0.05) is 26.0 Å². The summed E-state index contributed by atoms with van der Waals surface area (Å²) in [5, 5.41) is 0. The lowest BCUT2D eigenvalue weighted by Gasteiger charge is -2.18. The van der Waals surface area contributed by atoms with Crippen LogP contribution in [0.3, 0.4) is 0 Å². The average Bonchev–Trinajstić information content (AvgIpc) is 2.64. The molecule has 10 nitrogen and oxygen atoms in total. The third-order valence-corrected chi connectivity index (χ3v) is 3.87. The van der Waals surface area contributed by atoms with Gasteiger partial charge in [0.15, 0.2) is 0 Å². The lowest BCUT2D eigenvalue weighted by molar-refractivity contribution is -0.142. The molecule has 0 spiro atoms. The summed E-state index contributed by atoms with van der Waals surface area (Å²) in [7, 11) is 0. The molecule has 0 bridgehead atoms. The van der Waals surface area contributed by atoms with Gasteiger partial charge in [-0.15, -0.1) is 0 Å². The summed E-state index contributed by atoms with van der Waals surface area (Å²) in [6.07, 6.45) is 0.696. The third kappa shape index (κ3) is 14.0. The molecule has 0 aliphatic rings. The number of amides is 2. The monoisotopic (exact) mass is 428 g/mol. The van der Waals surface area contributed by atoms with E-state index in [9.17, 15) is 19.2 Å². The van der Waals surface area contributed by atoms with Crippen LogP contribution in [0.15, 0.2) is 24.3 Å². The van der Waals surface area contributed by atoms with Crippen LogP contribution < -0.4 is 11.5 Å². The van der Waals surface area contributed by atoms with Crippen LogP contribution in [0.4, 0.5) is 9.59 Å². The maximum atomic E-state index is 11.4. The topological polar surface area (TPSA) is 157 Å². The Hall–Kier alpha value is -3.04. The molecule has 2 unspecified atom stereocenters. The molecule has 0 rings (SSSR count). The summed E-state index contributed by atoms with van der Waals surface area (Å²) in [5.41, 5.74) is 10.6. The van der Waals surface area contributed by atoms with Crippen LogP contribution in [0.1, 0.15) is 52.4 Å². The summed E-state index contributed by atoms with van der Waals surface area (Å²) in [4.78, 5) is 44.9. The number of carbonyl (C=O) groups excluding carboxylic acids is 4. The molecule has 4 N–H and O–H groups in total. The maximum Gasteiger partial charge on any atom is 0.404 e. The number of rotatable bonds is 15. The highest BCUT2D eigenvalue weighted by Gasteiger charge is 2.17. The first-order chi connectivity index (χ1) is 14.0. The number of unbranched alkanes of at least 4 members (excludes halogenated alkanes) is 3. The summed E-state index contributed by atoms with van der Waals surface area (Å²) in [5.74, 6) is -1.14. The van der Waals surface area contributed by atoms with Crippen LogP contribution >= 0.6 is 0 Å². The van der Waals surface area contributed by atoms with E-state index in [1.807, 2.05) is 0 Å². The quantitative estimate of drug-likeness (QED) is 0.174. The molecule has 0 aromatic heterocycles. The highest BCUT2D eigenvalue weighted by Crippen LogP contribution is 2.13. The van der Waals surface area contributed by atoms with Gasteiger partial charge in [-0.2, -0.15) is 0 Å². The van der Waals surface area contributed by atoms with Crippen LogP contribution in [-0.4, -0.2) is 49.5 Å². The van der Waals surface area contributed by atoms with E-state index in [0.717, 1.165) is 12.8 Å². The van der Waals surface area contributed by atoms with Crippen LogP contribution in [0.25, 0.3) is 0 Å². The van der Waals surface area contributed by atoms with Gasteiger partial charge in [0.2, 0.25) is 0 Å². The normalized spacial score (nSPS) is 12.2. The first-order valence-electron chi connectivity index (χ1n) is 9.60. The van der Waals surface area contributed by atoms with E-state index in [1.54, 1.807) is 0 Å². The van der Waals surface area contributed by atoms with Gasteiger partial charge in [0.25, 0.3) is 0 Å². The van der Waals surface area contributed by atoms with Crippen molar-refractivity contribution in [1.29, 1.82) is 0 Å². The van der Waals surface area contributed by atoms with Crippen molar-refractivity contribution >= 4 is 24.1 Å². The predicted molar refractivity (Wildman–Crippen MR) is 108 cm³/mol. The third-order valence-electron chi connectivity index (χ3n) is 3.87. The molecule has 0 heterocycles. The fraction of sp³-hybridized carbons (Fsp3) is 0.600. The van der Waals surface area contributed by atoms with E-state index in [-0.39, 0.29) is 24.4 Å². The molecule has 0 aliphatic heterocycles. The zero-order valence-corrected chi connectivity index (χ0v) is 17.6. The minimum absolute atomic E-state index is 0.1000. The van der Waals surface area contributed by atoms with Gasteiger partial charge < -0.3 is 30.4 Å². The molecular formula is C20H32N2O8. The number of esters is 2. The molecular weight excluding hydrogens is 396 g/mol. The van der Waals surface area contributed by atoms with E-state index >= 15 is 0 Å². The molecule has 10 heteroatoms. The number of primary amides is 2. The lowest BCUT2D eigenvalue weighted by Crippen LogP contribution is -2.28. The molecule has 0 aromatic rings. The number of ether oxygens (including phenoxy) is 4. The molecule has 0 aliphatic carbocycles. The Balaban J connectivity index is 4.26. The number of nitrogens with two attached hydrogens (primary N) is 2. The SMILES string of the molecule is C=C(C)C(=O)OCC(CCCCCCC(COC(=O)C(=C)C)OC(N)=O)OC(N)=O. The fourth-order valence-corrected chi connectivity index (χ4v) is 2.36. The Labute approximate surface area is 176 Å². The number of carbonyl (C=O) groups is 4.